The Morgan fingerprint density at radius 1 is 1.20 bits per heavy atom. The third kappa shape index (κ3) is 1.47. The summed E-state index contributed by atoms with van der Waals surface area (Å²) >= 11 is 1.48. The van der Waals surface area contributed by atoms with Crippen LogP contribution in [0.3, 0.4) is 0 Å². The van der Waals surface area contributed by atoms with E-state index in [4.69, 9.17) is 9.47 Å². The highest BCUT2D eigenvalue weighted by molar-refractivity contribution is 7.18. The lowest BCUT2D eigenvalue weighted by Crippen LogP contribution is -1.88. The molecule has 0 saturated heterocycles. The number of hydrogen-bond acceptors (Lipinski definition) is 4. The van der Waals surface area contributed by atoms with Crippen LogP contribution in [0.2, 0.25) is 0 Å². The SMILES string of the molecule is COc1ccc(OC)c2c(C=O)csc12. The van der Waals surface area contributed by atoms with Crippen LogP contribution in [-0.2, 0) is 0 Å². The Kier molecular flexibility index (Phi) is 2.60. The molecule has 3 nitrogen and oxygen atoms in total. The van der Waals surface area contributed by atoms with E-state index in [1.54, 1.807) is 20.3 Å². The maximum atomic E-state index is 10.9. The van der Waals surface area contributed by atoms with Gasteiger partial charge in [0.25, 0.3) is 0 Å². The van der Waals surface area contributed by atoms with Crippen LogP contribution < -0.4 is 9.47 Å². The lowest BCUT2D eigenvalue weighted by Gasteiger charge is -2.06. The van der Waals surface area contributed by atoms with Crippen molar-refractivity contribution in [3.05, 3.63) is 23.1 Å². The van der Waals surface area contributed by atoms with E-state index in [0.717, 1.165) is 22.1 Å². The van der Waals surface area contributed by atoms with Gasteiger partial charge in [-0.25, -0.2) is 0 Å². The van der Waals surface area contributed by atoms with E-state index >= 15 is 0 Å². The highest BCUT2D eigenvalue weighted by Crippen LogP contribution is 2.39. The number of aldehydes is 1. The number of benzene rings is 1. The van der Waals surface area contributed by atoms with Gasteiger partial charge in [-0.1, -0.05) is 0 Å². The van der Waals surface area contributed by atoms with Gasteiger partial charge in [-0.15, -0.1) is 11.3 Å². The standard InChI is InChI=1S/C11H10O3S/c1-13-8-3-4-9(14-2)11-10(8)7(5-12)6-15-11/h3-6H,1-2H3. The quantitative estimate of drug-likeness (QED) is 0.749. The monoisotopic (exact) mass is 222 g/mol. The fraction of sp³-hybridized carbons (Fsp3) is 0.182. The first kappa shape index (κ1) is 9.98. The molecule has 0 aliphatic heterocycles. The van der Waals surface area contributed by atoms with Gasteiger partial charge in [0.1, 0.15) is 11.5 Å². The zero-order valence-corrected chi connectivity index (χ0v) is 9.26. The fourth-order valence-corrected chi connectivity index (χ4v) is 2.56. The molecular weight excluding hydrogens is 212 g/mol. The largest absolute Gasteiger partial charge is 0.496 e. The average molecular weight is 222 g/mol. The van der Waals surface area contributed by atoms with Crippen LogP contribution in [0.25, 0.3) is 10.1 Å². The zero-order chi connectivity index (χ0) is 10.8. The molecule has 0 unspecified atom stereocenters. The van der Waals surface area contributed by atoms with Crippen molar-refractivity contribution >= 4 is 27.7 Å². The summed E-state index contributed by atoms with van der Waals surface area (Å²) in [5.41, 5.74) is 0.644. The van der Waals surface area contributed by atoms with Gasteiger partial charge in [0.05, 0.1) is 18.9 Å². The van der Waals surface area contributed by atoms with E-state index in [-0.39, 0.29) is 0 Å². The molecule has 4 heteroatoms. The number of thiophene rings is 1. The first-order chi connectivity index (χ1) is 7.31. The summed E-state index contributed by atoms with van der Waals surface area (Å²) in [5, 5.41) is 2.64. The molecule has 1 heterocycles. The Morgan fingerprint density at radius 3 is 2.47 bits per heavy atom. The Bertz CT molecular complexity index is 502. The van der Waals surface area contributed by atoms with Gasteiger partial charge in [0.2, 0.25) is 0 Å². The van der Waals surface area contributed by atoms with Gasteiger partial charge in [0.15, 0.2) is 6.29 Å². The van der Waals surface area contributed by atoms with Crippen LogP contribution in [-0.4, -0.2) is 20.5 Å². The van der Waals surface area contributed by atoms with Gasteiger partial charge in [-0.2, -0.15) is 0 Å². The molecular formula is C11H10O3S. The lowest BCUT2D eigenvalue weighted by molar-refractivity contribution is 0.112. The Balaban J connectivity index is 2.82. The van der Waals surface area contributed by atoms with Crippen molar-refractivity contribution in [2.45, 2.75) is 0 Å². The van der Waals surface area contributed by atoms with Crippen LogP contribution in [0.15, 0.2) is 17.5 Å². The first-order valence-electron chi connectivity index (χ1n) is 4.39. The number of carbonyl (C=O) groups is 1. The summed E-state index contributed by atoms with van der Waals surface area (Å²) in [7, 11) is 3.20. The minimum absolute atomic E-state index is 0.644. The zero-order valence-electron chi connectivity index (χ0n) is 8.44. The molecule has 1 aromatic heterocycles. The Labute approximate surface area is 91.2 Å². The Morgan fingerprint density at radius 2 is 1.87 bits per heavy atom. The second-order valence-electron chi connectivity index (χ2n) is 2.98. The highest BCUT2D eigenvalue weighted by atomic mass is 32.1. The number of hydrogen-bond donors (Lipinski definition) is 0. The first-order valence-corrected chi connectivity index (χ1v) is 5.27. The summed E-state index contributed by atoms with van der Waals surface area (Å²) in [6.07, 6.45) is 0.834. The van der Waals surface area contributed by atoms with Gasteiger partial charge >= 0.3 is 0 Å². The second kappa shape index (κ2) is 3.90. The molecule has 78 valence electrons. The van der Waals surface area contributed by atoms with Crippen LogP contribution >= 0.6 is 11.3 Å². The van der Waals surface area contributed by atoms with Crippen LogP contribution in [0, 0.1) is 0 Å². The molecule has 0 spiro atoms. The molecule has 0 fully saturated rings. The normalized spacial score (nSPS) is 10.3. The number of carbonyl (C=O) groups excluding carboxylic acids is 1. The van der Waals surface area contributed by atoms with Gasteiger partial charge < -0.3 is 9.47 Å². The topological polar surface area (TPSA) is 35.5 Å². The second-order valence-corrected chi connectivity index (χ2v) is 3.86. The van der Waals surface area contributed by atoms with Gasteiger partial charge in [-0.05, 0) is 12.1 Å². The molecule has 0 saturated carbocycles. The van der Waals surface area contributed by atoms with E-state index in [9.17, 15) is 4.79 Å². The van der Waals surface area contributed by atoms with Gasteiger partial charge in [0, 0.05) is 16.3 Å². The van der Waals surface area contributed by atoms with Crippen molar-refractivity contribution in [3.63, 3.8) is 0 Å². The molecule has 0 aliphatic rings. The average Bonchev–Trinajstić information content (AvgIpc) is 2.71. The van der Waals surface area contributed by atoms with Crippen molar-refractivity contribution in [1.29, 1.82) is 0 Å². The van der Waals surface area contributed by atoms with Crippen molar-refractivity contribution in [3.8, 4) is 11.5 Å². The third-order valence-corrected chi connectivity index (χ3v) is 3.26. The smallest absolute Gasteiger partial charge is 0.151 e. The predicted molar refractivity (Wildman–Crippen MR) is 60.3 cm³/mol. The number of rotatable bonds is 3. The van der Waals surface area contributed by atoms with Crippen molar-refractivity contribution < 1.29 is 14.3 Å². The molecule has 2 rings (SSSR count). The van der Waals surface area contributed by atoms with Crippen LogP contribution in [0.5, 0.6) is 11.5 Å². The maximum Gasteiger partial charge on any atom is 0.151 e. The number of methoxy groups -OCH3 is 2. The highest BCUT2D eigenvalue weighted by Gasteiger charge is 2.12. The lowest BCUT2D eigenvalue weighted by atomic mass is 10.1. The maximum absolute atomic E-state index is 10.9. The number of fused-ring (bicyclic) bond motifs is 1. The molecule has 0 amide bonds. The summed E-state index contributed by atoms with van der Waals surface area (Å²) < 4.78 is 11.4. The van der Waals surface area contributed by atoms with E-state index in [1.807, 2.05) is 11.4 Å². The van der Waals surface area contributed by atoms with Crippen molar-refractivity contribution in [1.82, 2.24) is 0 Å². The molecule has 15 heavy (non-hydrogen) atoms. The molecule has 0 bridgehead atoms. The minimum atomic E-state index is 0.644. The van der Waals surface area contributed by atoms with Crippen molar-refractivity contribution in [2.75, 3.05) is 14.2 Å². The minimum Gasteiger partial charge on any atom is -0.496 e. The molecule has 0 atom stereocenters. The van der Waals surface area contributed by atoms with E-state index in [1.165, 1.54) is 11.3 Å². The van der Waals surface area contributed by atoms with E-state index in [0.29, 0.717) is 11.3 Å². The third-order valence-electron chi connectivity index (χ3n) is 2.24. The summed E-state index contributed by atoms with van der Waals surface area (Å²) in [6.45, 7) is 0. The molecule has 0 aliphatic carbocycles. The van der Waals surface area contributed by atoms with E-state index in [2.05, 4.69) is 0 Å². The number of ether oxygens (including phenoxy) is 2. The molecule has 1 aromatic carbocycles. The molecule has 2 aromatic rings. The summed E-state index contributed by atoms with van der Waals surface area (Å²) in [4.78, 5) is 10.9. The Hall–Kier alpha value is -1.55. The van der Waals surface area contributed by atoms with Crippen LogP contribution in [0.4, 0.5) is 0 Å². The molecule has 0 N–H and O–H groups in total. The van der Waals surface area contributed by atoms with Crippen molar-refractivity contribution in [2.24, 2.45) is 0 Å². The summed E-state index contributed by atoms with van der Waals surface area (Å²) in [6, 6.07) is 3.65. The summed E-state index contributed by atoms with van der Waals surface area (Å²) in [5.74, 6) is 1.47. The fourth-order valence-electron chi connectivity index (χ4n) is 1.53. The van der Waals surface area contributed by atoms with Gasteiger partial charge in [-0.3, -0.25) is 4.79 Å². The van der Waals surface area contributed by atoms with E-state index < -0.39 is 0 Å². The van der Waals surface area contributed by atoms with Crippen LogP contribution in [0.1, 0.15) is 10.4 Å². The molecule has 0 radical (unpaired) electrons. The predicted octanol–water partition coefficient (Wildman–Crippen LogP) is 2.73.